The van der Waals surface area contributed by atoms with Gasteiger partial charge in [0.05, 0.1) is 16.2 Å². The van der Waals surface area contributed by atoms with Crippen LogP contribution in [0.15, 0.2) is 61.2 Å². The van der Waals surface area contributed by atoms with Gasteiger partial charge in [0.15, 0.2) is 0 Å². The zero-order chi connectivity index (χ0) is 15.9. The Labute approximate surface area is 127 Å². The first-order chi connectivity index (χ1) is 10.6. The van der Waals surface area contributed by atoms with Gasteiger partial charge in [0.25, 0.3) is 11.6 Å². The minimum atomic E-state index is -0.464. The topological polar surface area (TPSA) is 84.3 Å². The molecule has 2 N–H and O–H groups in total. The summed E-state index contributed by atoms with van der Waals surface area (Å²) in [5, 5.41) is 16.5. The molecule has 1 amide bonds. The number of anilines is 2. The molecule has 2 aromatic carbocycles. The van der Waals surface area contributed by atoms with E-state index in [4.69, 9.17) is 0 Å². The van der Waals surface area contributed by atoms with Crippen LogP contribution in [0, 0.1) is 10.1 Å². The molecule has 112 valence electrons. The number of rotatable bonds is 6. The lowest BCUT2D eigenvalue weighted by atomic mass is 10.1. The first-order valence-electron chi connectivity index (χ1n) is 6.61. The number of hydrogen-bond donors (Lipinski definition) is 2. The molecular formula is C16H15N3O3. The summed E-state index contributed by atoms with van der Waals surface area (Å²) in [5.74, 6) is -0.242. The van der Waals surface area contributed by atoms with Gasteiger partial charge in [-0.2, -0.15) is 0 Å². The highest BCUT2D eigenvalue weighted by Gasteiger charge is 2.11. The van der Waals surface area contributed by atoms with Gasteiger partial charge in [-0.15, -0.1) is 6.58 Å². The average Bonchev–Trinajstić information content (AvgIpc) is 2.53. The summed E-state index contributed by atoms with van der Waals surface area (Å²) < 4.78 is 0. The molecule has 0 unspecified atom stereocenters. The van der Waals surface area contributed by atoms with Crippen LogP contribution in [0.5, 0.6) is 0 Å². The van der Waals surface area contributed by atoms with Crippen LogP contribution in [0.3, 0.4) is 0 Å². The van der Waals surface area contributed by atoms with Crippen molar-refractivity contribution in [2.75, 3.05) is 11.9 Å². The quantitative estimate of drug-likeness (QED) is 0.487. The normalized spacial score (nSPS) is 9.82. The van der Waals surface area contributed by atoms with Crippen molar-refractivity contribution in [1.82, 2.24) is 5.32 Å². The number of nitro groups is 1. The summed E-state index contributed by atoms with van der Waals surface area (Å²) in [7, 11) is 0. The molecule has 0 fully saturated rings. The van der Waals surface area contributed by atoms with Crippen molar-refractivity contribution < 1.29 is 9.72 Å². The summed E-state index contributed by atoms with van der Waals surface area (Å²) >= 11 is 0. The molecule has 0 aliphatic heterocycles. The summed E-state index contributed by atoms with van der Waals surface area (Å²) in [6, 6.07) is 13.1. The number of amides is 1. The highest BCUT2D eigenvalue weighted by atomic mass is 16.6. The number of nitrogens with zero attached hydrogens (tertiary/aromatic N) is 1. The maximum Gasteiger partial charge on any atom is 0.271 e. The van der Waals surface area contributed by atoms with Crippen molar-refractivity contribution in [2.24, 2.45) is 0 Å². The Morgan fingerprint density at radius 3 is 2.73 bits per heavy atom. The molecule has 0 aliphatic rings. The lowest BCUT2D eigenvalue weighted by Crippen LogP contribution is -2.24. The SMILES string of the molecule is C=CCNC(=O)c1ccccc1Nc1cccc([N+](=O)[O-])c1. The van der Waals surface area contributed by atoms with Gasteiger partial charge >= 0.3 is 0 Å². The molecule has 0 spiro atoms. The van der Waals surface area contributed by atoms with Crippen LogP contribution in [0.1, 0.15) is 10.4 Å². The number of nitrogens with one attached hydrogen (secondary N) is 2. The molecule has 2 rings (SSSR count). The Morgan fingerprint density at radius 1 is 1.23 bits per heavy atom. The number of non-ortho nitro benzene ring substituents is 1. The molecule has 0 heterocycles. The fraction of sp³-hybridized carbons (Fsp3) is 0.0625. The molecule has 2 aromatic rings. The Kier molecular flexibility index (Phi) is 4.87. The summed E-state index contributed by atoms with van der Waals surface area (Å²) in [6.45, 7) is 3.91. The molecule has 0 bridgehead atoms. The molecule has 6 heteroatoms. The average molecular weight is 297 g/mol. The predicted molar refractivity (Wildman–Crippen MR) is 85.4 cm³/mol. The minimum absolute atomic E-state index is 0.0152. The van der Waals surface area contributed by atoms with E-state index in [2.05, 4.69) is 17.2 Å². The number of nitro benzene ring substituents is 1. The number of para-hydroxylation sites is 1. The summed E-state index contributed by atoms with van der Waals surface area (Å²) in [4.78, 5) is 22.4. The molecule has 0 radical (unpaired) electrons. The van der Waals surface area contributed by atoms with Crippen LogP contribution >= 0.6 is 0 Å². The van der Waals surface area contributed by atoms with Gasteiger partial charge in [-0.3, -0.25) is 14.9 Å². The van der Waals surface area contributed by atoms with Gasteiger partial charge in [-0.05, 0) is 18.2 Å². The van der Waals surface area contributed by atoms with Gasteiger partial charge in [0.2, 0.25) is 0 Å². The maximum atomic E-state index is 12.1. The minimum Gasteiger partial charge on any atom is -0.355 e. The van der Waals surface area contributed by atoms with E-state index < -0.39 is 4.92 Å². The van der Waals surface area contributed by atoms with Crippen molar-refractivity contribution in [2.45, 2.75) is 0 Å². The third kappa shape index (κ3) is 3.69. The van der Waals surface area contributed by atoms with Crippen LogP contribution in [0.2, 0.25) is 0 Å². The third-order valence-corrected chi connectivity index (χ3v) is 2.91. The highest BCUT2D eigenvalue weighted by molar-refractivity contribution is 6.00. The van der Waals surface area contributed by atoms with E-state index in [-0.39, 0.29) is 11.6 Å². The molecule has 0 atom stereocenters. The fourth-order valence-electron chi connectivity index (χ4n) is 1.90. The van der Waals surface area contributed by atoms with Gasteiger partial charge in [0.1, 0.15) is 0 Å². The monoisotopic (exact) mass is 297 g/mol. The number of carbonyl (C=O) groups is 1. The van der Waals surface area contributed by atoms with Crippen molar-refractivity contribution in [3.8, 4) is 0 Å². The highest BCUT2D eigenvalue weighted by Crippen LogP contribution is 2.23. The van der Waals surface area contributed by atoms with E-state index in [1.165, 1.54) is 12.1 Å². The molecule has 22 heavy (non-hydrogen) atoms. The first-order valence-corrected chi connectivity index (χ1v) is 6.61. The van der Waals surface area contributed by atoms with E-state index in [1.54, 1.807) is 42.5 Å². The number of hydrogen-bond acceptors (Lipinski definition) is 4. The van der Waals surface area contributed by atoms with E-state index >= 15 is 0 Å². The van der Waals surface area contributed by atoms with E-state index in [0.717, 1.165) is 0 Å². The lowest BCUT2D eigenvalue weighted by molar-refractivity contribution is -0.384. The van der Waals surface area contributed by atoms with Crippen molar-refractivity contribution in [3.05, 3.63) is 76.9 Å². The molecule has 0 aromatic heterocycles. The van der Waals surface area contributed by atoms with Gasteiger partial charge in [0, 0.05) is 24.4 Å². The standard InChI is InChI=1S/C16H15N3O3/c1-2-10-17-16(20)14-8-3-4-9-15(14)18-12-6-5-7-13(11-12)19(21)22/h2-9,11,18H,1,10H2,(H,17,20). The molecule has 6 nitrogen and oxygen atoms in total. The van der Waals surface area contributed by atoms with Gasteiger partial charge < -0.3 is 10.6 Å². The largest absolute Gasteiger partial charge is 0.355 e. The smallest absolute Gasteiger partial charge is 0.271 e. The second-order valence-electron chi connectivity index (χ2n) is 4.48. The van der Waals surface area contributed by atoms with Gasteiger partial charge in [-0.1, -0.05) is 24.3 Å². The van der Waals surface area contributed by atoms with Crippen molar-refractivity contribution >= 4 is 23.0 Å². The van der Waals surface area contributed by atoms with Crippen molar-refractivity contribution in [3.63, 3.8) is 0 Å². The van der Waals surface area contributed by atoms with Crippen LogP contribution in [0.4, 0.5) is 17.1 Å². The van der Waals surface area contributed by atoms with Gasteiger partial charge in [-0.25, -0.2) is 0 Å². The Morgan fingerprint density at radius 2 is 2.00 bits per heavy atom. The fourth-order valence-corrected chi connectivity index (χ4v) is 1.90. The molecule has 0 saturated heterocycles. The van der Waals surface area contributed by atoms with Crippen LogP contribution in [-0.2, 0) is 0 Å². The summed E-state index contributed by atoms with van der Waals surface area (Å²) in [6.07, 6.45) is 1.59. The second-order valence-corrected chi connectivity index (χ2v) is 4.48. The Bertz CT molecular complexity index is 713. The molecule has 0 saturated carbocycles. The predicted octanol–water partition coefficient (Wildman–Crippen LogP) is 3.25. The van der Waals surface area contributed by atoms with Crippen LogP contribution in [0.25, 0.3) is 0 Å². The zero-order valence-electron chi connectivity index (χ0n) is 11.8. The Balaban J connectivity index is 2.26. The zero-order valence-corrected chi connectivity index (χ0v) is 11.8. The van der Waals surface area contributed by atoms with Crippen LogP contribution in [-0.4, -0.2) is 17.4 Å². The van der Waals surface area contributed by atoms with E-state index in [1.807, 2.05) is 0 Å². The molecule has 0 aliphatic carbocycles. The first kappa shape index (κ1) is 15.2. The van der Waals surface area contributed by atoms with E-state index in [0.29, 0.717) is 23.5 Å². The van der Waals surface area contributed by atoms with E-state index in [9.17, 15) is 14.9 Å². The van der Waals surface area contributed by atoms with Crippen LogP contribution < -0.4 is 10.6 Å². The second kappa shape index (κ2) is 7.03. The summed E-state index contributed by atoms with van der Waals surface area (Å²) in [5.41, 5.74) is 1.55. The number of carbonyl (C=O) groups excluding carboxylic acids is 1. The van der Waals surface area contributed by atoms with Crippen molar-refractivity contribution in [1.29, 1.82) is 0 Å². The Hall–Kier alpha value is -3.15. The lowest BCUT2D eigenvalue weighted by Gasteiger charge is -2.11. The third-order valence-electron chi connectivity index (χ3n) is 2.91. The molecular weight excluding hydrogens is 282 g/mol. The number of benzene rings is 2. The maximum absolute atomic E-state index is 12.1.